The fourth-order valence-corrected chi connectivity index (χ4v) is 2.21. The highest BCUT2D eigenvalue weighted by atomic mass is 16.4. The Morgan fingerprint density at radius 1 is 1.52 bits per heavy atom. The number of aliphatic carboxylic acids is 1. The quantitative estimate of drug-likeness (QED) is 0.719. The predicted octanol–water partition coefficient (Wildman–Crippen LogP) is 2.33. The summed E-state index contributed by atoms with van der Waals surface area (Å²) >= 11 is 0. The molecule has 3 N–H and O–H groups in total. The molecule has 1 unspecified atom stereocenters. The zero-order valence-electron chi connectivity index (χ0n) is 12.4. The Bertz CT molecular complexity index is 522. The second-order valence-corrected chi connectivity index (χ2v) is 5.44. The summed E-state index contributed by atoms with van der Waals surface area (Å²) in [7, 11) is 0. The van der Waals surface area contributed by atoms with Crippen LogP contribution >= 0.6 is 0 Å². The number of carboxylic acid groups (broad SMARTS) is 1. The molecule has 0 spiro atoms. The lowest BCUT2D eigenvalue weighted by Crippen LogP contribution is -2.30. The van der Waals surface area contributed by atoms with E-state index in [-0.39, 0.29) is 19.0 Å². The zero-order chi connectivity index (χ0) is 15.4. The number of hydrogen-bond acceptors (Lipinski definition) is 3. The first-order valence-corrected chi connectivity index (χ1v) is 7.37. The first kappa shape index (κ1) is 15.3. The molecule has 1 aliphatic rings. The van der Waals surface area contributed by atoms with E-state index in [0.717, 1.165) is 30.6 Å². The monoisotopic (exact) mass is 294 g/mol. The Hall–Kier alpha value is -2.05. The molecule has 1 aromatic rings. The Kier molecular flexibility index (Phi) is 4.82. The molecule has 116 valence electrons. The predicted molar refractivity (Wildman–Crippen MR) is 78.5 cm³/mol. The van der Waals surface area contributed by atoms with Crippen LogP contribution in [0, 0.1) is 0 Å². The Labute approximate surface area is 123 Å². The van der Waals surface area contributed by atoms with Crippen LogP contribution in [-0.4, -0.2) is 33.4 Å². The summed E-state index contributed by atoms with van der Waals surface area (Å²) < 4.78 is 1.99. The smallest absolute Gasteiger partial charge is 0.319 e. The third kappa shape index (κ3) is 3.96. The van der Waals surface area contributed by atoms with Crippen LogP contribution in [0.1, 0.15) is 57.2 Å². The summed E-state index contributed by atoms with van der Waals surface area (Å²) in [5.74, 6) is -0.464. The summed E-state index contributed by atoms with van der Waals surface area (Å²) in [5.41, 5.74) is 1.81. The second-order valence-electron chi connectivity index (χ2n) is 5.44. The largest absolute Gasteiger partial charge is 0.481 e. The first-order chi connectivity index (χ1) is 10.0. The summed E-state index contributed by atoms with van der Waals surface area (Å²) in [6.45, 7) is 4.32. The molecule has 1 atom stereocenters. The van der Waals surface area contributed by atoms with Crippen molar-refractivity contribution in [2.24, 2.45) is 0 Å². The Morgan fingerprint density at radius 3 is 2.81 bits per heavy atom. The van der Waals surface area contributed by atoms with Crippen molar-refractivity contribution in [1.29, 1.82) is 0 Å². The normalized spacial score (nSPS) is 15.5. The standard InChI is InChI=1S/C14H22N4O3/c1-3-9(2)18-13(10-4-5-10)11(8-16-18)17-14(21)15-7-6-12(19)20/h8-10H,3-7H2,1-2H3,(H,19,20)(H2,15,17,21). The van der Waals surface area contributed by atoms with Crippen molar-refractivity contribution >= 4 is 17.7 Å². The van der Waals surface area contributed by atoms with E-state index < -0.39 is 5.97 Å². The van der Waals surface area contributed by atoms with E-state index in [4.69, 9.17) is 5.11 Å². The van der Waals surface area contributed by atoms with Gasteiger partial charge in [0.25, 0.3) is 0 Å². The number of hydrogen-bond donors (Lipinski definition) is 3. The van der Waals surface area contributed by atoms with Crippen LogP contribution in [0.25, 0.3) is 0 Å². The number of amides is 2. The first-order valence-electron chi connectivity index (χ1n) is 7.37. The molecule has 2 amide bonds. The van der Waals surface area contributed by atoms with E-state index in [2.05, 4.69) is 29.6 Å². The molecular weight excluding hydrogens is 272 g/mol. The summed E-state index contributed by atoms with van der Waals surface area (Å²) in [6.07, 6.45) is 4.81. The highest BCUT2D eigenvalue weighted by Crippen LogP contribution is 2.44. The van der Waals surface area contributed by atoms with Gasteiger partial charge in [-0.25, -0.2) is 4.79 Å². The molecule has 1 aliphatic carbocycles. The van der Waals surface area contributed by atoms with Gasteiger partial charge in [-0.3, -0.25) is 9.48 Å². The topological polar surface area (TPSA) is 96.3 Å². The highest BCUT2D eigenvalue weighted by Gasteiger charge is 2.31. The maximum absolute atomic E-state index is 11.8. The molecule has 7 heteroatoms. The minimum absolute atomic E-state index is 0.0883. The van der Waals surface area contributed by atoms with Crippen LogP contribution in [-0.2, 0) is 4.79 Å². The van der Waals surface area contributed by atoms with Gasteiger partial charge in [-0.05, 0) is 26.2 Å². The summed E-state index contributed by atoms with van der Waals surface area (Å²) in [5, 5.41) is 18.2. The number of carbonyl (C=O) groups excluding carboxylic acids is 1. The SMILES string of the molecule is CCC(C)n1ncc(NC(=O)NCCC(=O)O)c1C1CC1. The summed E-state index contributed by atoms with van der Waals surface area (Å²) in [4.78, 5) is 22.2. The van der Waals surface area contributed by atoms with Crippen LogP contribution in [0.3, 0.4) is 0 Å². The molecule has 7 nitrogen and oxygen atoms in total. The highest BCUT2D eigenvalue weighted by molar-refractivity contribution is 5.90. The maximum atomic E-state index is 11.8. The molecule has 1 fully saturated rings. The van der Waals surface area contributed by atoms with Gasteiger partial charge < -0.3 is 15.7 Å². The number of carboxylic acids is 1. The number of rotatable bonds is 7. The molecule has 2 rings (SSSR count). The Morgan fingerprint density at radius 2 is 2.24 bits per heavy atom. The second kappa shape index (κ2) is 6.60. The minimum Gasteiger partial charge on any atom is -0.481 e. The Balaban J connectivity index is 2.01. The van der Waals surface area contributed by atoms with Gasteiger partial charge in [0.2, 0.25) is 0 Å². The van der Waals surface area contributed by atoms with Crippen molar-refractivity contribution in [2.75, 3.05) is 11.9 Å². The van der Waals surface area contributed by atoms with Crippen LogP contribution in [0.2, 0.25) is 0 Å². The number of aromatic nitrogens is 2. The van der Waals surface area contributed by atoms with Crippen molar-refractivity contribution < 1.29 is 14.7 Å². The van der Waals surface area contributed by atoms with E-state index in [1.165, 1.54) is 0 Å². The molecular formula is C14H22N4O3. The average molecular weight is 294 g/mol. The van der Waals surface area contributed by atoms with Crippen molar-refractivity contribution in [3.63, 3.8) is 0 Å². The number of anilines is 1. The lowest BCUT2D eigenvalue weighted by molar-refractivity contribution is -0.136. The molecule has 0 saturated heterocycles. The van der Waals surface area contributed by atoms with Gasteiger partial charge in [-0.2, -0.15) is 5.10 Å². The van der Waals surface area contributed by atoms with Gasteiger partial charge in [0.15, 0.2) is 0 Å². The average Bonchev–Trinajstić information content (AvgIpc) is 3.19. The van der Waals surface area contributed by atoms with Crippen LogP contribution < -0.4 is 10.6 Å². The van der Waals surface area contributed by atoms with Crippen molar-refractivity contribution in [3.05, 3.63) is 11.9 Å². The van der Waals surface area contributed by atoms with Crippen LogP contribution in [0.4, 0.5) is 10.5 Å². The number of carbonyl (C=O) groups is 2. The molecule has 1 saturated carbocycles. The van der Waals surface area contributed by atoms with Crippen molar-refractivity contribution in [2.45, 2.75) is 51.5 Å². The third-order valence-corrected chi connectivity index (χ3v) is 3.68. The molecule has 0 aromatic carbocycles. The fraction of sp³-hybridized carbons (Fsp3) is 0.643. The summed E-state index contributed by atoms with van der Waals surface area (Å²) in [6, 6.07) is -0.0897. The maximum Gasteiger partial charge on any atom is 0.319 e. The number of nitrogens with one attached hydrogen (secondary N) is 2. The van der Waals surface area contributed by atoms with Crippen LogP contribution in [0.15, 0.2) is 6.20 Å². The van der Waals surface area contributed by atoms with E-state index in [9.17, 15) is 9.59 Å². The fourth-order valence-electron chi connectivity index (χ4n) is 2.21. The molecule has 0 bridgehead atoms. The van der Waals surface area contributed by atoms with Gasteiger partial charge in [0, 0.05) is 18.5 Å². The van der Waals surface area contributed by atoms with Gasteiger partial charge in [-0.15, -0.1) is 0 Å². The molecule has 1 aromatic heterocycles. The lowest BCUT2D eigenvalue weighted by atomic mass is 10.2. The van der Waals surface area contributed by atoms with E-state index in [1.807, 2.05) is 4.68 Å². The third-order valence-electron chi connectivity index (χ3n) is 3.68. The number of urea groups is 1. The lowest BCUT2D eigenvalue weighted by Gasteiger charge is -2.15. The van der Waals surface area contributed by atoms with Crippen molar-refractivity contribution in [3.8, 4) is 0 Å². The molecule has 0 aliphatic heterocycles. The molecule has 0 radical (unpaired) electrons. The van der Waals surface area contributed by atoms with Gasteiger partial charge in [0.1, 0.15) is 0 Å². The van der Waals surface area contributed by atoms with Crippen molar-refractivity contribution in [1.82, 2.24) is 15.1 Å². The van der Waals surface area contributed by atoms with Crippen LogP contribution in [0.5, 0.6) is 0 Å². The van der Waals surface area contributed by atoms with E-state index >= 15 is 0 Å². The van der Waals surface area contributed by atoms with E-state index in [1.54, 1.807) is 6.20 Å². The zero-order valence-corrected chi connectivity index (χ0v) is 12.4. The number of nitrogens with zero attached hydrogens (tertiary/aromatic N) is 2. The van der Waals surface area contributed by atoms with Gasteiger partial charge >= 0.3 is 12.0 Å². The minimum atomic E-state index is -0.932. The van der Waals surface area contributed by atoms with Gasteiger partial charge in [-0.1, -0.05) is 6.92 Å². The van der Waals surface area contributed by atoms with Gasteiger partial charge in [0.05, 0.1) is 24.0 Å². The molecule has 21 heavy (non-hydrogen) atoms. The molecule has 1 heterocycles. The van der Waals surface area contributed by atoms with E-state index in [0.29, 0.717) is 12.0 Å².